The van der Waals surface area contributed by atoms with Gasteiger partial charge < -0.3 is 9.47 Å². The SMILES string of the molecule is CN1CCCn2nc(C(=O)Nc3nc4ccc(NS(=O)(=O)c5cn6c(n5)CCC6)cc4s3)cc2C1. The number of anilines is 2. The van der Waals surface area contributed by atoms with Crippen LogP contribution in [0.25, 0.3) is 10.2 Å². The Balaban J connectivity index is 1.19. The number of aromatic nitrogens is 5. The molecule has 2 N–H and O–H groups in total. The molecular formula is C22H24N8O3S2. The third-order valence-corrected chi connectivity index (χ3v) is 8.40. The van der Waals surface area contributed by atoms with Crippen molar-refractivity contribution in [1.29, 1.82) is 0 Å². The van der Waals surface area contributed by atoms with Crippen molar-refractivity contribution in [2.24, 2.45) is 0 Å². The Kier molecular flexibility index (Phi) is 5.34. The van der Waals surface area contributed by atoms with Crippen LogP contribution >= 0.6 is 11.3 Å². The molecule has 0 fully saturated rings. The number of hydrogen-bond donors (Lipinski definition) is 2. The second kappa shape index (κ2) is 8.43. The first-order valence-corrected chi connectivity index (χ1v) is 13.7. The molecule has 0 radical (unpaired) electrons. The summed E-state index contributed by atoms with van der Waals surface area (Å²) in [7, 11) is -1.74. The second-order valence-corrected chi connectivity index (χ2v) is 11.5. The Morgan fingerprint density at radius 3 is 2.86 bits per heavy atom. The van der Waals surface area contributed by atoms with Gasteiger partial charge in [-0.05, 0) is 44.2 Å². The van der Waals surface area contributed by atoms with Crippen LogP contribution in [0, 0.1) is 0 Å². The predicted octanol–water partition coefficient (Wildman–Crippen LogP) is 2.52. The Hall–Kier alpha value is -3.29. The smallest absolute Gasteiger partial charge is 0.280 e. The lowest BCUT2D eigenvalue weighted by Gasteiger charge is -2.10. The lowest BCUT2D eigenvalue weighted by molar-refractivity contribution is 0.102. The van der Waals surface area contributed by atoms with E-state index in [4.69, 9.17) is 0 Å². The minimum absolute atomic E-state index is 0.0224. The predicted molar refractivity (Wildman–Crippen MR) is 132 cm³/mol. The summed E-state index contributed by atoms with van der Waals surface area (Å²) in [5.74, 6) is 0.478. The zero-order valence-corrected chi connectivity index (χ0v) is 20.7. The van der Waals surface area contributed by atoms with E-state index in [0.29, 0.717) is 22.0 Å². The molecule has 5 heterocycles. The van der Waals surface area contributed by atoms with Gasteiger partial charge in [0.25, 0.3) is 15.9 Å². The Labute approximate surface area is 205 Å². The van der Waals surface area contributed by atoms with Gasteiger partial charge in [-0.25, -0.2) is 9.97 Å². The van der Waals surface area contributed by atoms with Crippen LogP contribution in [0.4, 0.5) is 10.8 Å². The summed E-state index contributed by atoms with van der Waals surface area (Å²) in [6.45, 7) is 3.33. The number of thiazole rings is 1. The number of carbonyl (C=O) groups is 1. The van der Waals surface area contributed by atoms with Crippen molar-refractivity contribution >= 4 is 48.3 Å². The molecule has 0 saturated carbocycles. The summed E-state index contributed by atoms with van der Waals surface area (Å²) >= 11 is 1.27. The zero-order valence-electron chi connectivity index (χ0n) is 19.1. The maximum absolute atomic E-state index is 12.8. The van der Waals surface area contributed by atoms with Crippen LogP contribution in [0.1, 0.15) is 34.8 Å². The number of nitrogens with one attached hydrogen (secondary N) is 2. The van der Waals surface area contributed by atoms with Crippen LogP contribution in [0.2, 0.25) is 0 Å². The van der Waals surface area contributed by atoms with Crippen molar-refractivity contribution in [3.63, 3.8) is 0 Å². The lowest BCUT2D eigenvalue weighted by atomic mass is 10.3. The quantitative estimate of drug-likeness (QED) is 0.421. The Bertz CT molecular complexity index is 1530. The molecule has 35 heavy (non-hydrogen) atoms. The van der Waals surface area contributed by atoms with Crippen LogP contribution in [-0.4, -0.2) is 57.1 Å². The molecule has 3 aromatic heterocycles. The monoisotopic (exact) mass is 512 g/mol. The first kappa shape index (κ1) is 22.2. The molecule has 0 bridgehead atoms. The number of nitrogens with zero attached hydrogens (tertiary/aromatic N) is 6. The number of benzene rings is 1. The summed E-state index contributed by atoms with van der Waals surface area (Å²) in [5, 5.41) is 7.74. The van der Waals surface area contributed by atoms with E-state index in [0.717, 1.165) is 61.7 Å². The Morgan fingerprint density at radius 1 is 1.11 bits per heavy atom. The molecule has 0 spiro atoms. The normalized spacial score (nSPS) is 16.1. The molecule has 4 aromatic rings. The maximum Gasteiger partial charge on any atom is 0.280 e. The number of carbonyl (C=O) groups excluding carboxylic acids is 1. The van der Waals surface area contributed by atoms with Crippen molar-refractivity contribution in [3.05, 3.63) is 47.7 Å². The molecule has 13 heteroatoms. The van der Waals surface area contributed by atoms with Crippen LogP contribution < -0.4 is 10.0 Å². The highest BCUT2D eigenvalue weighted by Crippen LogP contribution is 2.30. The highest BCUT2D eigenvalue weighted by atomic mass is 32.2. The van der Waals surface area contributed by atoms with Crippen LogP contribution in [0.3, 0.4) is 0 Å². The molecule has 0 unspecified atom stereocenters. The summed E-state index contributed by atoms with van der Waals surface area (Å²) in [6.07, 6.45) is 4.34. The third-order valence-electron chi connectivity index (χ3n) is 6.21. The summed E-state index contributed by atoms with van der Waals surface area (Å²) in [4.78, 5) is 23.8. The molecule has 2 aliphatic rings. The minimum Gasteiger partial charge on any atom is -0.333 e. The third kappa shape index (κ3) is 4.30. The number of hydrogen-bond acceptors (Lipinski definition) is 8. The molecule has 0 atom stereocenters. The van der Waals surface area contributed by atoms with Gasteiger partial charge in [0, 0.05) is 38.8 Å². The van der Waals surface area contributed by atoms with Crippen molar-refractivity contribution in [2.45, 2.75) is 43.9 Å². The van der Waals surface area contributed by atoms with Crippen molar-refractivity contribution in [1.82, 2.24) is 29.2 Å². The second-order valence-electron chi connectivity index (χ2n) is 8.89. The van der Waals surface area contributed by atoms with E-state index in [9.17, 15) is 13.2 Å². The highest BCUT2D eigenvalue weighted by molar-refractivity contribution is 7.92. The van der Waals surface area contributed by atoms with Crippen LogP contribution in [0.5, 0.6) is 0 Å². The standard InChI is InChI=1S/C22H24N8O3S2/c1-28-7-3-9-30-15(12-28)11-17(26-30)21(31)25-22-23-16-6-5-14(10-18(16)34-22)27-35(32,33)20-13-29-8-2-4-19(29)24-20/h5-6,10-11,13,27H,2-4,7-9,12H2,1H3,(H,23,25,31). The molecule has 1 amide bonds. The molecule has 182 valence electrons. The number of aryl methyl sites for hydroxylation is 3. The number of fused-ring (bicyclic) bond motifs is 3. The molecule has 1 aromatic carbocycles. The van der Waals surface area contributed by atoms with Crippen molar-refractivity contribution < 1.29 is 13.2 Å². The molecule has 0 saturated heterocycles. The van der Waals surface area contributed by atoms with Gasteiger partial charge in [0.05, 0.1) is 21.6 Å². The largest absolute Gasteiger partial charge is 0.333 e. The van der Waals surface area contributed by atoms with Gasteiger partial charge in [-0.3, -0.25) is 19.5 Å². The molecule has 6 rings (SSSR count). The fraction of sp³-hybridized carbons (Fsp3) is 0.364. The van der Waals surface area contributed by atoms with Crippen molar-refractivity contribution in [2.75, 3.05) is 23.6 Å². The van der Waals surface area contributed by atoms with Gasteiger partial charge in [0.15, 0.2) is 15.9 Å². The first-order chi connectivity index (χ1) is 16.8. The highest BCUT2D eigenvalue weighted by Gasteiger charge is 2.23. The lowest BCUT2D eigenvalue weighted by Crippen LogP contribution is -2.17. The summed E-state index contributed by atoms with van der Waals surface area (Å²) in [6, 6.07) is 6.90. The van der Waals surface area contributed by atoms with Crippen LogP contribution in [-0.2, 0) is 36.1 Å². The van der Waals surface area contributed by atoms with E-state index in [1.807, 2.05) is 15.3 Å². The fourth-order valence-electron chi connectivity index (χ4n) is 4.50. The van der Waals surface area contributed by atoms with Gasteiger partial charge in [-0.1, -0.05) is 11.3 Å². The molecule has 0 aliphatic carbocycles. The van der Waals surface area contributed by atoms with Gasteiger partial charge in [0.2, 0.25) is 0 Å². The van der Waals surface area contributed by atoms with Gasteiger partial charge in [-0.15, -0.1) is 0 Å². The van der Waals surface area contributed by atoms with E-state index in [-0.39, 0.29) is 10.9 Å². The summed E-state index contributed by atoms with van der Waals surface area (Å²) in [5.41, 5.74) is 2.44. The first-order valence-electron chi connectivity index (χ1n) is 11.4. The number of amides is 1. The van der Waals surface area contributed by atoms with Crippen LogP contribution in [0.15, 0.2) is 35.5 Å². The topological polar surface area (TPSA) is 127 Å². The van der Waals surface area contributed by atoms with E-state index >= 15 is 0 Å². The maximum atomic E-state index is 12.8. The molecular weight excluding hydrogens is 488 g/mol. The Morgan fingerprint density at radius 2 is 2.00 bits per heavy atom. The van der Waals surface area contributed by atoms with E-state index in [1.54, 1.807) is 24.4 Å². The van der Waals surface area contributed by atoms with E-state index < -0.39 is 10.0 Å². The number of rotatable bonds is 5. The minimum atomic E-state index is -3.80. The van der Waals surface area contributed by atoms with Gasteiger partial charge in [0.1, 0.15) is 5.82 Å². The zero-order chi connectivity index (χ0) is 24.2. The molecule has 2 aliphatic heterocycles. The molecule has 11 nitrogen and oxygen atoms in total. The van der Waals surface area contributed by atoms with Crippen molar-refractivity contribution in [3.8, 4) is 0 Å². The van der Waals surface area contributed by atoms with Gasteiger partial charge in [-0.2, -0.15) is 13.5 Å². The van der Waals surface area contributed by atoms with Gasteiger partial charge >= 0.3 is 0 Å². The fourth-order valence-corrected chi connectivity index (χ4v) is 6.44. The number of sulfonamides is 1. The van der Waals surface area contributed by atoms with E-state index in [1.165, 1.54) is 11.3 Å². The average molecular weight is 513 g/mol. The van der Waals surface area contributed by atoms with E-state index in [2.05, 4.69) is 37.1 Å². The summed E-state index contributed by atoms with van der Waals surface area (Å²) < 4.78 is 32.7. The average Bonchev–Trinajstić information content (AvgIpc) is 3.55. The number of imidazole rings is 1.